The van der Waals surface area contributed by atoms with Crippen LogP contribution in [0, 0.1) is 10.1 Å². The highest BCUT2D eigenvalue weighted by Crippen LogP contribution is 2.32. The van der Waals surface area contributed by atoms with Crippen LogP contribution in [-0.2, 0) is 13.2 Å². The largest absolute Gasteiger partial charge is 0.457 e. The number of hydrogen-bond donors (Lipinski definition) is 1. The SMILES string of the molecule is Cn1nc(C(=O)Nc2cc(Oc3ccc(Cl)cc3)cc([N+](=O)[O-])c2)cc1C(F)(F)F. The van der Waals surface area contributed by atoms with Crippen LogP contribution in [0.3, 0.4) is 0 Å². The van der Waals surface area contributed by atoms with Gasteiger partial charge in [-0.1, -0.05) is 11.6 Å². The van der Waals surface area contributed by atoms with E-state index in [2.05, 4.69) is 10.4 Å². The van der Waals surface area contributed by atoms with Crippen LogP contribution in [-0.4, -0.2) is 20.6 Å². The lowest BCUT2D eigenvalue weighted by Gasteiger charge is -2.09. The van der Waals surface area contributed by atoms with Crippen LogP contribution in [0.4, 0.5) is 24.5 Å². The molecular formula is C18H12ClF3N4O4. The third-order valence-corrected chi connectivity index (χ3v) is 4.06. The number of nitrogens with zero attached hydrogens (tertiary/aromatic N) is 3. The highest BCUT2D eigenvalue weighted by atomic mass is 35.5. The molecule has 0 saturated carbocycles. The monoisotopic (exact) mass is 440 g/mol. The lowest BCUT2D eigenvalue weighted by molar-refractivity contribution is -0.384. The molecule has 0 bridgehead atoms. The number of nitrogens with one attached hydrogen (secondary N) is 1. The first kappa shape index (κ1) is 21.1. The van der Waals surface area contributed by atoms with E-state index < -0.39 is 34.1 Å². The minimum atomic E-state index is -4.69. The second-order valence-electron chi connectivity index (χ2n) is 6.02. The number of aromatic nitrogens is 2. The molecular weight excluding hydrogens is 429 g/mol. The summed E-state index contributed by atoms with van der Waals surface area (Å²) in [5.41, 5.74) is -2.07. The van der Waals surface area contributed by atoms with Crippen molar-refractivity contribution in [1.82, 2.24) is 9.78 Å². The minimum absolute atomic E-state index is 0.0267. The molecule has 0 spiro atoms. The molecule has 0 aliphatic heterocycles. The van der Waals surface area contributed by atoms with Gasteiger partial charge in [-0.2, -0.15) is 18.3 Å². The maximum atomic E-state index is 12.9. The molecule has 1 amide bonds. The Kier molecular flexibility index (Phi) is 5.65. The zero-order chi connectivity index (χ0) is 22.1. The molecule has 12 heteroatoms. The lowest BCUT2D eigenvalue weighted by atomic mass is 10.2. The molecule has 0 fully saturated rings. The van der Waals surface area contributed by atoms with E-state index in [0.717, 1.165) is 19.2 Å². The number of carbonyl (C=O) groups excluding carboxylic acids is 1. The van der Waals surface area contributed by atoms with Crippen molar-refractivity contribution in [1.29, 1.82) is 0 Å². The summed E-state index contributed by atoms with van der Waals surface area (Å²) in [6.45, 7) is 0. The van der Waals surface area contributed by atoms with Gasteiger partial charge in [0.15, 0.2) is 5.69 Å². The Labute approximate surface area is 172 Å². The molecule has 1 heterocycles. The number of aryl methyl sites for hydroxylation is 1. The molecule has 156 valence electrons. The Hall–Kier alpha value is -3.60. The summed E-state index contributed by atoms with van der Waals surface area (Å²) in [6.07, 6.45) is -4.69. The molecule has 0 aliphatic rings. The highest BCUT2D eigenvalue weighted by molar-refractivity contribution is 6.30. The van der Waals surface area contributed by atoms with Gasteiger partial charge in [0.1, 0.15) is 17.2 Å². The average molecular weight is 441 g/mol. The summed E-state index contributed by atoms with van der Waals surface area (Å²) >= 11 is 5.79. The number of anilines is 1. The first-order chi connectivity index (χ1) is 14.0. The molecule has 0 saturated heterocycles. The van der Waals surface area contributed by atoms with E-state index in [1.54, 1.807) is 12.1 Å². The van der Waals surface area contributed by atoms with E-state index >= 15 is 0 Å². The zero-order valence-electron chi connectivity index (χ0n) is 15.1. The van der Waals surface area contributed by atoms with Crippen molar-refractivity contribution in [3.63, 3.8) is 0 Å². The summed E-state index contributed by atoms with van der Waals surface area (Å²) in [4.78, 5) is 22.8. The number of nitro benzene ring substituents is 1. The Morgan fingerprint density at radius 1 is 1.17 bits per heavy atom. The van der Waals surface area contributed by atoms with E-state index in [9.17, 15) is 28.1 Å². The molecule has 0 unspecified atom stereocenters. The molecule has 0 radical (unpaired) electrons. The first-order valence-corrected chi connectivity index (χ1v) is 8.56. The summed E-state index contributed by atoms with van der Waals surface area (Å²) < 4.78 is 44.7. The summed E-state index contributed by atoms with van der Waals surface area (Å²) in [5.74, 6) is -0.616. The van der Waals surface area contributed by atoms with E-state index in [1.807, 2.05) is 0 Å². The molecule has 3 rings (SSSR count). The van der Waals surface area contributed by atoms with Gasteiger partial charge in [0.25, 0.3) is 11.6 Å². The number of halogens is 4. The van der Waals surface area contributed by atoms with Crippen molar-refractivity contribution in [2.45, 2.75) is 6.18 Å². The van der Waals surface area contributed by atoms with Crippen molar-refractivity contribution in [2.75, 3.05) is 5.32 Å². The van der Waals surface area contributed by atoms with E-state index in [-0.39, 0.29) is 11.4 Å². The van der Waals surface area contributed by atoms with Crippen LogP contribution in [0.1, 0.15) is 16.2 Å². The second kappa shape index (κ2) is 8.03. The van der Waals surface area contributed by atoms with Crippen LogP contribution in [0.2, 0.25) is 5.02 Å². The van der Waals surface area contributed by atoms with Gasteiger partial charge in [-0.25, -0.2) is 0 Å². The van der Waals surface area contributed by atoms with Crippen LogP contribution >= 0.6 is 11.6 Å². The molecule has 0 aliphatic carbocycles. The standard InChI is InChI=1S/C18H12ClF3N4O4/c1-25-16(18(20,21)22)9-15(24-25)17(27)23-11-6-12(26(28)29)8-14(7-11)30-13-4-2-10(19)3-5-13/h2-9H,1H3,(H,23,27). The van der Waals surface area contributed by atoms with Crippen molar-refractivity contribution >= 4 is 28.9 Å². The fourth-order valence-corrected chi connectivity index (χ4v) is 2.62. The number of benzene rings is 2. The van der Waals surface area contributed by atoms with Gasteiger partial charge in [-0.15, -0.1) is 0 Å². The van der Waals surface area contributed by atoms with Gasteiger partial charge >= 0.3 is 6.18 Å². The van der Waals surface area contributed by atoms with Crippen LogP contribution < -0.4 is 10.1 Å². The number of hydrogen-bond acceptors (Lipinski definition) is 5. The van der Waals surface area contributed by atoms with E-state index in [1.165, 1.54) is 18.2 Å². The molecule has 8 nitrogen and oxygen atoms in total. The quantitative estimate of drug-likeness (QED) is 0.442. The predicted octanol–water partition coefficient (Wildman–Crippen LogP) is 5.05. The Morgan fingerprint density at radius 3 is 2.40 bits per heavy atom. The van der Waals surface area contributed by atoms with Gasteiger partial charge < -0.3 is 10.1 Å². The van der Waals surface area contributed by atoms with Gasteiger partial charge in [0, 0.05) is 30.3 Å². The maximum Gasteiger partial charge on any atom is 0.433 e. The van der Waals surface area contributed by atoms with Crippen molar-refractivity contribution < 1.29 is 27.6 Å². The number of nitro groups is 1. The van der Waals surface area contributed by atoms with Crippen molar-refractivity contribution in [2.24, 2.45) is 7.05 Å². The number of rotatable bonds is 5. The van der Waals surface area contributed by atoms with Crippen molar-refractivity contribution in [3.8, 4) is 11.5 Å². The zero-order valence-corrected chi connectivity index (χ0v) is 15.9. The number of amides is 1. The molecule has 2 aromatic carbocycles. The predicted molar refractivity (Wildman–Crippen MR) is 101 cm³/mol. The van der Waals surface area contributed by atoms with Gasteiger partial charge in [-0.3, -0.25) is 19.6 Å². The summed E-state index contributed by atoms with van der Waals surface area (Å²) in [6, 6.07) is 10.2. The van der Waals surface area contributed by atoms with Gasteiger partial charge in [0.05, 0.1) is 16.7 Å². The molecule has 1 aromatic heterocycles. The third-order valence-electron chi connectivity index (χ3n) is 3.81. The van der Waals surface area contributed by atoms with Crippen LogP contribution in [0.5, 0.6) is 11.5 Å². The summed E-state index contributed by atoms with van der Waals surface area (Å²) in [7, 11) is 1.05. The maximum absolute atomic E-state index is 12.9. The van der Waals surface area contributed by atoms with Crippen molar-refractivity contribution in [3.05, 3.63) is 75.1 Å². The number of carbonyl (C=O) groups is 1. The topological polar surface area (TPSA) is 99.3 Å². The number of ether oxygens (including phenoxy) is 1. The minimum Gasteiger partial charge on any atom is -0.457 e. The third kappa shape index (κ3) is 4.87. The Morgan fingerprint density at radius 2 is 1.83 bits per heavy atom. The molecule has 1 N–H and O–H groups in total. The van der Waals surface area contributed by atoms with Crippen LogP contribution in [0.15, 0.2) is 48.5 Å². The molecule has 30 heavy (non-hydrogen) atoms. The van der Waals surface area contributed by atoms with E-state index in [4.69, 9.17) is 16.3 Å². The average Bonchev–Trinajstić information content (AvgIpc) is 3.06. The van der Waals surface area contributed by atoms with Gasteiger partial charge in [0.2, 0.25) is 0 Å². The fourth-order valence-electron chi connectivity index (χ4n) is 2.50. The number of alkyl halides is 3. The number of non-ortho nitro benzene ring substituents is 1. The lowest BCUT2D eigenvalue weighted by Crippen LogP contribution is -2.13. The normalized spacial score (nSPS) is 11.2. The van der Waals surface area contributed by atoms with Crippen LogP contribution in [0.25, 0.3) is 0 Å². The molecule has 3 aromatic rings. The Balaban J connectivity index is 1.88. The smallest absolute Gasteiger partial charge is 0.433 e. The summed E-state index contributed by atoms with van der Waals surface area (Å²) in [5, 5.41) is 17.5. The fraction of sp³-hybridized carbons (Fsp3) is 0.111. The first-order valence-electron chi connectivity index (χ1n) is 8.18. The Bertz CT molecular complexity index is 1110. The highest BCUT2D eigenvalue weighted by Gasteiger charge is 2.35. The van der Waals surface area contributed by atoms with Gasteiger partial charge in [-0.05, 0) is 24.3 Å². The molecule has 0 atom stereocenters. The second-order valence-corrected chi connectivity index (χ2v) is 6.46. The van der Waals surface area contributed by atoms with E-state index in [0.29, 0.717) is 21.5 Å².